The summed E-state index contributed by atoms with van der Waals surface area (Å²) in [7, 11) is 0. The summed E-state index contributed by atoms with van der Waals surface area (Å²) in [6.07, 6.45) is 7.74. The fraction of sp³-hybridized carbons (Fsp3) is 0.667. The predicted molar refractivity (Wildman–Crippen MR) is 86.6 cm³/mol. The zero-order chi connectivity index (χ0) is 13.9. The number of hydrogen-bond donors (Lipinski definition) is 1. The first kappa shape index (κ1) is 13.9. The molecule has 0 amide bonds. The number of para-hydroxylation sites is 1. The third-order valence-corrected chi connectivity index (χ3v) is 4.75. The number of nitrogens with one attached hydrogen (secondary N) is 1. The van der Waals surface area contributed by atoms with Crippen molar-refractivity contribution in [1.29, 1.82) is 0 Å². The van der Waals surface area contributed by atoms with E-state index in [1.807, 2.05) is 0 Å². The van der Waals surface area contributed by atoms with Gasteiger partial charge in [-0.05, 0) is 49.7 Å². The molecule has 1 heterocycles. The van der Waals surface area contributed by atoms with Gasteiger partial charge < -0.3 is 10.2 Å². The summed E-state index contributed by atoms with van der Waals surface area (Å²) in [6, 6.07) is 8.38. The van der Waals surface area contributed by atoms with Crippen molar-refractivity contribution >= 4 is 5.69 Å². The molecule has 0 radical (unpaired) electrons. The molecular weight excluding hydrogens is 244 g/mol. The van der Waals surface area contributed by atoms with Gasteiger partial charge in [0.15, 0.2) is 0 Å². The van der Waals surface area contributed by atoms with Gasteiger partial charge in [0.05, 0.1) is 0 Å². The van der Waals surface area contributed by atoms with Crippen molar-refractivity contribution in [2.24, 2.45) is 0 Å². The summed E-state index contributed by atoms with van der Waals surface area (Å²) in [6.45, 7) is 6.98. The van der Waals surface area contributed by atoms with Crippen molar-refractivity contribution in [3.8, 4) is 0 Å². The van der Waals surface area contributed by atoms with Gasteiger partial charge in [-0.25, -0.2) is 0 Å². The number of benzene rings is 1. The molecule has 1 aliphatic heterocycles. The second-order valence-corrected chi connectivity index (χ2v) is 6.36. The molecule has 20 heavy (non-hydrogen) atoms. The lowest BCUT2D eigenvalue weighted by molar-refractivity contribution is 0.419. The van der Waals surface area contributed by atoms with Gasteiger partial charge in [0.1, 0.15) is 0 Å². The highest BCUT2D eigenvalue weighted by Gasteiger charge is 2.28. The van der Waals surface area contributed by atoms with E-state index >= 15 is 0 Å². The van der Waals surface area contributed by atoms with Crippen LogP contribution >= 0.6 is 0 Å². The Hall–Kier alpha value is -1.02. The van der Waals surface area contributed by atoms with Gasteiger partial charge >= 0.3 is 0 Å². The summed E-state index contributed by atoms with van der Waals surface area (Å²) in [5.41, 5.74) is 4.59. The minimum absolute atomic E-state index is 0.700. The molecule has 0 spiro atoms. The van der Waals surface area contributed by atoms with Crippen molar-refractivity contribution in [3.63, 3.8) is 0 Å². The molecule has 1 aromatic rings. The molecule has 1 aliphatic carbocycles. The van der Waals surface area contributed by atoms with Crippen molar-refractivity contribution in [2.75, 3.05) is 18.0 Å². The highest BCUT2D eigenvalue weighted by molar-refractivity contribution is 5.60. The summed E-state index contributed by atoms with van der Waals surface area (Å²) in [5.74, 6) is 0. The van der Waals surface area contributed by atoms with Gasteiger partial charge in [-0.3, -0.25) is 0 Å². The third-order valence-electron chi connectivity index (χ3n) is 4.75. The maximum atomic E-state index is 3.83. The lowest BCUT2D eigenvalue weighted by atomic mass is 9.98. The van der Waals surface area contributed by atoms with E-state index in [9.17, 15) is 0 Å². The Balaban J connectivity index is 1.79. The van der Waals surface area contributed by atoms with Crippen LogP contribution in [0.2, 0.25) is 0 Å². The minimum atomic E-state index is 0.700. The predicted octanol–water partition coefficient (Wildman–Crippen LogP) is 3.53. The fourth-order valence-corrected chi connectivity index (χ4v) is 3.52. The van der Waals surface area contributed by atoms with Gasteiger partial charge in [0.25, 0.3) is 0 Å². The first-order valence-corrected chi connectivity index (χ1v) is 8.43. The topological polar surface area (TPSA) is 15.3 Å². The van der Waals surface area contributed by atoms with E-state index in [2.05, 4.69) is 42.3 Å². The molecule has 3 rings (SSSR count). The lowest BCUT2D eigenvalue weighted by Crippen LogP contribution is -2.47. The van der Waals surface area contributed by atoms with Crippen molar-refractivity contribution in [2.45, 2.75) is 64.5 Å². The molecule has 2 heteroatoms. The molecule has 1 saturated heterocycles. The average molecular weight is 272 g/mol. The van der Waals surface area contributed by atoms with Crippen LogP contribution < -0.4 is 10.2 Å². The summed E-state index contributed by atoms with van der Waals surface area (Å²) >= 11 is 0. The third kappa shape index (κ3) is 3.01. The Kier molecular flexibility index (Phi) is 4.30. The van der Waals surface area contributed by atoms with Crippen molar-refractivity contribution < 1.29 is 0 Å². The minimum Gasteiger partial charge on any atom is -0.370 e. The van der Waals surface area contributed by atoms with Crippen LogP contribution in [0.4, 0.5) is 5.69 Å². The molecule has 0 aromatic heterocycles. The maximum absolute atomic E-state index is 3.83. The van der Waals surface area contributed by atoms with E-state index in [1.54, 1.807) is 5.69 Å². The van der Waals surface area contributed by atoms with E-state index in [-0.39, 0.29) is 0 Å². The van der Waals surface area contributed by atoms with E-state index in [4.69, 9.17) is 0 Å². The molecular formula is C18H28N2. The quantitative estimate of drug-likeness (QED) is 0.882. The van der Waals surface area contributed by atoms with Gasteiger partial charge in [-0.2, -0.15) is 0 Å². The zero-order valence-electron chi connectivity index (χ0n) is 13.0. The van der Waals surface area contributed by atoms with E-state index in [0.29, 0.717) is 6.04 Å². The molecule has 1 saturated carbocycles. The number of hydrogen-bond acceptors (Lipinski definition) is 2. The molecule has 1 aromatic carbocycles. The molecule has 110 valence electrons. The monoisotopic (exact) mass is 272 g/mol. The van der Waals surface area contributed by atoms with Gasteiger partial charge in [-0.1, -0.05) is 32.0 Å². The molecule has 1 unspecified atom stereocenters. The SMILES string of the molecule is CCc1cccc(CC)c1N1CCCC(NC2CC2)C1. The molecule has 2 nitrogen and oxygen atoms in total. The van der Waals surface area contributed by atoms with Crippen LogP contribution in [0, 0.1) is 0 Å². The smallest absolute Gasteiger partial charge is 0.0431 e. The summed E-state index contributed by atoms with van der Waals surface area (Å²) in [5, 5.41) is 3.83. The fourth-order valence-electron chi connectivity index (χ4n) is 3.52. The molecule has 0 bridgehead atoms. The largest absolute Gasteiger partial charge is 0.370 e. The number of rotatable bonds is 5. The van der Waals surface area contributed by atoms with Crippen molar-refractivity contribution in [1.82, 2.24) is 5.32 Å². The molecule has 2 fully saturated rings. The van der Waals surface area contributed by atoms with Crippen LogP contribution in [-0.4, -0.2) is 25.2 Å². The highest BCUT2D eigenvalue weighted by atomic mass is 15.2. The Bertz CT molecular complexity index is 428. The second kappa shape index (κ2) is 6.17. The van der Waals surface area contributed by atoms with Gasteiger partial charge in [0, 0.05) is 30.9 Å². The Morgan fingerprint density at radius 2 is 1.75 bits per heavy atom. The van der Waals surface area contributed by atoms with Crippen LogP contribution in [0.1, 0.15) is 50.7 Å². The lowest BCUT2D eigenvalue weighted by Gasteiger charge is -2.37. The first-order chi connectivity index (χ1) is 9.81. The number of aryl methyl sites for hydroxylation is 2. The Morgan fingerprint density at radius 3 is 2.35 bits per heavy atom. The molecule has 1 N–H and O–H groups in total. The summed E-state index contributed by atoms with van der Waals surface area (Å²) in [4.78, 5) is 2.65. The second-order valence-electron chi connectivity index (χ2n) is 6.36. The van der Waals surface area contributed by atoms with Crippen LogP contribution in [0.25, 0.3) is 0 Å². The maximum Gasteiger partial charge on any atom is 0.0431 e. The Labute approximate surface area is 123 Å². The van der Waals surface area contributed by atoms with E-state index < -0.39 is 0 Å². The molecule has 2 aliphatic rings. The van der Waals surface area contributed by atoms with E-state index in [1.165, 1.54) is 49.9 Å². The normalized spacial score (nSPS) is 23.1. The standard InChI is InChI=1S/C18H28N2/c1-3-14-7-5-8-15(4-2)18(14)20-12-6-9-17(13-20)19-16-10-11-16/h5,7-8,16-17,19H,3-4,6,9-13H2,1-2H3. The highest BCUT2D eigenvalue weighted by Crippen LogP contribution is 2.30. The van der Waals surface area contributed by atoms with Crippen LogP contribution in [0.3, 0.4) is 0 Å². The number of piperidine rings is 1. The van der Waals surface area contributed by atoms with Gasteiger partial charge in [-0.15, -0.1) is 0 Å². The van der Waals surface area contributed by atoms with Gasteiger partial charge in [0.2, 0.25) is 0 Å². The Morgan fingerprint density at radius 1 is 1.05 bits per heavy atom. The molecule has 1 atom stereocenters. The number of nitrogens with zero attached hydrogens (tertiary/aromatic N) is 1. The van der Waals surface area contributed by atoms with Crippen LogP contribution in [0.5, 0.6) is 0 Å². The average Bonchev–Trinajstić information content (AvgIpc) is 3.30. The van der Waals surface area contributed by atoms with E-state index in [0.717, 1.165) is 18.9 Å². The number of anilines is 1. The summed E-state index contributed by atoms with van der Waals surface area (Å²) < 4.78 is 0. The zero-order valence-corrected chi connectivity index (χ0v) is 13.0. The van der Waals surface area contributed by atoms with Crippen LogP contribution in [-0.2, 0) is 12.8 Å². The van der Waals surface area contributed by atoms with Crippen LogP contribution in [0.15, 0.2) is 18.2 Å². The van der Waals surface area contributed by atoms with Crippen molar-refractivity contribution in [3.05, 3.63) is 29.3 Å². The first-order valence-electron chi connectivity index (χ1n) is 8.43.